The summed E-state index contributed by atoms with van der Waals surface area (Å²) in [6.45, 7) is 0.640. The fourth-order valence-electron chi connectivity index (χ4n) is 2.21. The largest absolute Gasteiger partial charge is 0.471 e. The molecule has 0 amide bonds. The number of anilines is 1. The van der Waals surface area contributed by atoms with Gasteiger partial charge in [0.25, 0.3) is 0 Å². The van der Waals surface area contributed by atoms with Crippen LogP contribution in [0.3, 0.4) is 0 Å². The highest BCUT2D eigenvalue weighted by atomic mass is 16.6. The van der Waals surface area contributed by atoms with Crippen molar-refractivity contribution in [3.63, 3.8) is 0 Å². The maximum Gasteiger partial charge on any atom is 0.307 e. The molecule has 0 fully saturated rings. The topological polar surface area (TPSA) is 94.2 Å². The number of aromatic nitrogens is 2. The molecule has 0 atom stereocenters. The third kappa shape index (κ3) is 4.55. The molecule has 2 N–H and O–H groups in total. The molecule has 0 aliphatic carbocycles. The van der Waals surface area contributed by atoms with Crippen LogP contribution < -0.4 is 15.6 Å². The Morgan fingerprint density at radius 3 is 2.64 bits per heavy atom. The van der Waals surface area contributed by atoms with Crippen LogP contribution in [0.1, 0.15) is 5.56 Å². The predicted molar refractivity (Wildman–Crippen MR) is 92.9 cm³/mol. The molecule has 3 rings (SSSR count). The smallest absolute Gasteiger partial charge is 0.307 e. The highest BCUT2D eigenvalue weighted by Crippen LogP contribution is 2.18. The van der Waals surface area contributed by atoms with Crippen molar-refractivity contribution in [2.75, 3.05) is 5.43 Å². The van der Waals surface area contributed by atoms with Crippen molar-refractivity contribution >= 4 is 11.4 Å². The van der Waals surface area contributed by atoms with Gasteiger partial charge in [0.15, 0.2) is 6.73 Å². The minimum atomic E-state index is -0.489. The number of hydrogen-bond acceptors (Lipinski definition) is 6. The minimum absolute atomic E-state index is 0.0642. The molecule has 0 aliphatic rings. The third-order valence-electron chi connectivity index (χ3n) is 3.44. The van der Waals surface area contributed by atoms with Crippen LogP contribution in [0.4, 0.5) is 11.4 Å². The zero-order valence-corrected chi connectivity index (χ0v) is 13.3. The molecule has 0 radical (unpaired) electrons. The zero-order valence-electron chi connectivity index (χ0n) is 13.3. The summed E-state index contributed by atoms with van der Waals surface area (Å²) in [7, 11) is 0. The summed E-state index contributed by atoms with van der Waals surface area (Å²) in [6.07, 6.45) is 2.53. The van der Waals surface area contributed by atoms with Gasteiger partial charge >= 0.3 is 5.69 Å². The number of hydrogen-bond donors (Lipinski definition) is 2. The number of nitrogens with one attached hydrogen (secondary N) is 2. The molecule has 2 aromatic carbocycles. The molecule has 128 valence electrons. The molecule has 8 nitrogen and oxygen atoms in total. The molecular weight excluding hydrogens is 322 g/mol. The normalized spacial score (nSPS) is 10.4. The van der Waals surface area contributed by atoms with E-state index in [2.05, 4.69) is 16.0 Å². The van der Waals surface area contributed by atoms with E-state index in [-0.39, 0.29) is 12.4 Å². The molecule has 3 aromatic rings. The van der Waals surface area contributed by atoms with Gasteiger partial charge in [0.2, 0.25) is 0 Å². The molecule has 1 aromatic heterocycles. The number of hydrazine groups is 1. The summed E-state index contributed by atoms with van der Waals surface area (Å²) in [6, 6.07) is 17.3. The van der Waals surface area contributed by atoms with Gasteiger partial charge in [-0.2, -0.15) is 5.10 Å². The van der Waals surface area contributed by atoms with Crippen LogP contribution in [0.15, 0.2) is 67.0 Å². The van der Waals surface area contributed by atoms with Gasteiger partial charge in [-0.3, -0.25) is 10.1 Å². The quantitative estimate of drug-likeness (QED) is 0.484. The van der Waals surface area contributed by atoms with Gasteiger partial charge in [-0.05, 0) is 18.2 Å². The van der Waals surface area contributed by atoms with Crippen molar-refractivity contribution in [3.8, 4) is 5.75 Å². The Morgan fingerprint density at radius 1 is 1.12 bits per heavy atom. The maximum atomic E-state index is 10.7. The second kappa shape index (κ2) is 7.93. The molecule has 0 saturated carbocycles. The van der Waals surface area contributed by atoms with E-state index in [1.165, 1.54) is 17.1 Å². The molecule has 0 saturated heterocycles. The fourth-order valence-corrected chi connectivity index (χ4v) is 2.21. The van der Waals surface area contributed by atoms with E-state index < -0.39 is 4.92 Å². The fraction of sp³-hybridized carbons (Fsp3) is 0.118. The second-order valence-electron chi connectivity index (χ2n) is 5.22. The first-order valence-electron chi connectivity index (χ1n) is 7.64. The van der Waals surface area contributed by atoms with Crippen LogP contribution >= 0.6 is 0 Å². The first-order chi connectivity index (χ1) is 12.2. The van der Waals surface area contributed by atoms with E-state index in [0.29, 0.717) is 12.3 Å². The summed E-state index contributed by atoms with van der Waals surface area (Å²) < 4.78 is 7.11. The monoisotopic (exact) mass is 339 g/mol. The second-order valence-corrected chi connectivity index (χ2v) is 5.22. The molecule has 1 heterocycles. The van der Waals surface area contributed by atoms with E-state index >= 15 is 0 Å². The van der Waals surface area contributed by atoms with Crippen molar-refractivity contribution in [1.82, 2.24) is 15.2 Å². The van der Waals surface area contributed by atoms with Gasteiger partial charge in [-0.25, -0.2) is 10.1 Å². The lowest BCUT2D eigenvalue weighted by molar-refractivity contribution is -0.385. The molecular formula is C17H17N5O3. The Labute approximate surface area is 144 Å². The number of benzene rings is 2. The van der Waals surface area contributed by atoms with Crippen molar-refractivity contribution in [3.05, 3.63) is 82.7 Å². The van der Waals surface area contributed by atoms with E-state index in [9.17, 15) is 10.1 Å². The van der Waals surface area contributed by atoms with Crippen LogP contribution in [0, 0.1) is 10.1 Å². The highest BCUT2D eigenvalue weighted by Gasteiger charge is 2.09. The molecule has 0 aliphatic heterocycles. The standard InChI is InChI=1S/C17H17N5O3/c23-22(24)16-11-19-21(12-16)13-25-17-9-5-4-6-14(17)10-18-20-15-7-2-1-3-8-15/h1-9,11-12,18,20H,10,13H2. The predicted octanol–water partition coefficient (Wildman–Crippen LogP) is 2.94. The Morgan fingerprint density at radius 2 is 1.88 bits per heavy atom. The average molecular weight is 339 g/mol. The van der Waals surface area contributed by atoms with Gasteiger partial charge in [-0.1, -0.05) is 36.4 Å². The molecule has 8 heteroatoms. The Balaban J connectivity index is 1.57. The van der Waals surface area contributed by atoms with Gasteiger partial charge in [0, 0.05) is 17.8 Å². The molecule has 0 spiro atoms. The summed E-state index contributed by atoms with van der Waals surface area (Å²) in [5.41, 5.74) is 8.10. The average Bonchev–Trinajstić information content (AvgIpc) is 3.11. The van der Waals surface area contributed by atoms with Crippen LogP contribution in [0.25, 0.3) is 0 Å². The van der Waals surface area contributed by atoms with Crippen LogP contribution in [0.5, 0.6) is 5.75 Å². The SMILES string of the molecule is O=[N+]([O-])c1cnn(COc2ccccc2CNNc2ccccc2)c1. The Bertz CT molecular complexity index is 835. The van der Waals surface area contributed by atoms with E-state index in [1.54, 1.807) is 0 Å². The lowest BCUT2D eigenvalue weighted by Gasteiger charge is -2.13. The van der Waals surface area contributed by atoms with Crippen LogP contribution in [0.2, 0.25) is 0 Å². The van der Waals surface area contributed by atoms with Gasteiger partial charge in [0.1, 0.15) is 18.1 Å². The molecule has 25 heavy (non-hydrogen) atoms. The van der Waals surface area contributed by atoms with Gasteiger partial charge in [0.05, 0.1) is 4.92 Å². The number of nitro groups is 1. The lowest BCUT2D eigenvalue weighted by atomic mass is 10.2. The van der Waals surface area contributed by atoms with Crippen LogP contribution in [-0.2, 0) is 13.3 Å². The number of para-hydroxylation sites is 2. The van der Waals surface area contributed by atoms with Crippen LogP contribution in [-0.4, -0.2) is 14.7 Å². The zero-order chi connectivity index (χ0) is 17.5. The van der Waals surface area contributed by atoms with Gasteiger partial charge in [-0.15, -0.1) is 0 Å². The molecule has 0 unspecified atom stereocenters. The first kappa shape index (κ1) is 16.5. The summed E-state index contributed by atoms with van der Waals surface area (Å²) in [4.78, 5) is 10.2. The number of nitrogens with zero attached hydrogens (tertiary/aromatic N) is 3. The minimum Gasteiger partial charge on any atom is -0.471 e. The van der Waals surface area contributed by atoms with Crippen molar-refractivity contribution in [1.29, 1.82) is 0 Å². The third-order valence-corrected chi connectivity index (χ3v) is 3.44. The lowest BCUT2D eigenvalue weighted by Crippen LogP contribution is -2.21. The number of rotatable bonds is 8. The van der Waals surface area contributed by atoms with E-state index in [1.807, 2.05) is 54.6 Å². The Kier molecular flexibility index (Phi) is 5.22. The first-order valence-corrected chi connectivity index (χ1v) is 7.64. The van der Waals surface area contributed by atoms with Crippen molar-refractivity contribution in [2.45, 2.75) is 13.3 Å². The van der Waals surface area contributed by atoms with E-state index in [0.717, 1.165) is 11.3 Å². The summed E-state index contributed by atoms with van der Waals surface area (Å²) in [5.74, 6) is 0.683. The summed E-state index contributed by atoms with van der Waals surface area (Å²) >= 11 is 0. The maximum absolute atomic E-state index is 10.7. The van der Waals surface area contributed by atoms with E-state index in [4.69, 9.17) is 4.74 Å². The van der Waals surface area contributed by atoms with Crippen molar-refractivity contribution in [2.24, 2.45) is 0 Å². The highest BCUT2D eigenvalue weighted by molar-refractivity contribution is 5.41. The summed E-state index contributed by atoms with van der Waals surface area (Å²) in [5, 5.41) is 14.6. The molecule has 0 bridgehead atoms. The number of ether oxygens (including phenoxy) is 1. The Hall–Kier alpha value is -3.39. The van der Waals surface area contributed by atoms with Crippen molar-refractivity contribution < 1.29 is 9.66 Å². The van der Waals surface area contributed by atoms with Gasteiger partial charge < -0.3 is 10.2 Å².